The second kappa shape index (κ2) is 4.89. The van der Waals surface area contributed by atoms with Gasteiger partial charge < -0.3 is 5.11 Å². The first-order valence-corrected chi connectivity index (χ1v) is 6.27. The van der Waals surface area contributed by atoms with Gasteiger partial charge in [0.1, 0.15) is 0 Å². The standard InChI is InChI=1S/C12H12BrN3O2/c1-3-9-7(2)16(15-11(9)12(17)18)10-5-4-8(13)6-14-10/h4-6H,3H2,1-2H3,(H,17,18). The van der Waals surface area contributed by atoms with Crippen molar-refractivity contribution in [2.75, 3.05) is 0 Å². The van der Waals surface area contributed by atoms with Crippen LogP contribution < -0.4 is 0 Å². The van der Waals surface area contributed by atoms with E-state index in [0.29, 0.717) is 12.2 Å². The van der Waals surface area contributed by atoms with Crippen molar-refractivity contribution in [3.05, 3.63) is 39.8 Å². The second-order valence-corrected chi connectivity index (χ2v) is 4.73. The summed E-state index contributed by atoms with van der Waals surface area (Å²) >= 11 is 3.31. The molecule has 1 N–H and O–H groups in total. The van der Waals surface area contributed by atoms with Gasteiger partial charge in [-0.3, -0.25) is 0 Å². The molecule has 94 valence electrons. The molecular formula is C12H12BrN3O2. The molecule has 0 unspecified atom stereocenters. The van der Waals surface area contributed by atoms with E-state index >= 15 is 0 Å². The number of carboxylic acid groups (broad SMARTS) is 1. The van der Waals surface area contributed by atoms with E-state index in [1.165, 1.54) is 0 Å². The van der Waals surface area contributed by atoms with E-state index in [2.05, 4.69) is 26.0 Å². The van der Waals surface area contributed by atoms with Crippen LogP contribution in [0.2, 0.25) is 0 Å². The number of hydrogen-bond donors (Lipinski definition) is 1. The Kier molecular flexibility index (Phi) is 3.47. The Balaban J connectivity index is 2.58. The largest absolute Gasteiger partial charge is 0.476 e. The van der Waals surface area contributed by atoms with E-state index in [9.17, 15) is 4.79 Å². The summed E-state index contributed by atoms with van der Waals surface area (Å²) < 4.78 is 2.43. The molecule has 0 spiro atoms. The highest BCUT2D eigenvalue weighted by Gasteiger charge is 2.19. The van der Waals surface area contributed by atoms with Gasteiger partial charge in [-0.25, -0.2) is 14.5 Å². The molecule has 0 aromatic carbocycles. The van der Waals surface area contributed by atoms with Crippen molar-refractivity contribution in [1.82, 2.24) is 14.8 Å². The summed E-state index contributed by atoms with van der Waals surface area (Å²) in [6, 6.07) is 3.63. The van der Waals surface area contributed by atoms with E-state index in [-0.39, 0.29) is 5.69 Å². The zero-order valence-corrected chi connectivity index (χ0v) is 11.6. The highest BCUT2D eigenvalue weighted by molar-refractivity contribution is 9.10. The molecule has 18 heavy (non-hydrogen) atoms. The number of aromatic nitrogens is 3. The fourth-order valence-electron chi connectivity index (χ4n) is 1.85. The number of halogens is 1. The number of carbonyl (C=O) groups is 1. The molecular weight excluding hydrogens is 298 g/mol. The van der Waals surface area contributed by atoms with Crippen LogP contribution in [0.25, 0.3) is 5.82 Å². The average Bonchev–Trinajstić information content (AvgIpc) is 2.67. The number of rotatable bonds is 3. The average molecular weight is 310 g/mol. The number of nitrogens with zero attached hydrogens (tertiary/aromatic N) is 3. The molecule has 0 atom stereocenters. The first kappa shape index (κ1) is 12.8. The molecule has 2 heterocycles. The summed E-state index contributed by atoms with van der Waals surface area (Å²) in [5, 5.41) is 13.2. The second-order valence-electron chi connectivity index (χ2n) is 3.82. The lowest BCUT2D eigenvalue weighted by Crippen LogP contribution is -2.03. The Bertz CT molecular complexity index is 590. The Hall–Kier alpha value is -1.69. The number of aromatic carboxylic acids is 1. The zero-order chi connectivity index (χ0) is 13.3. The molecule has 0 radical (unpaired) electrons. The van der Waals surface area contributed by atoms with Gasteiger partial charge in [-0.2, -0.15) is 5.10 Å². The van der Waals surface area contributed by atoms with Crippen LogP contribution >= 0.6 is 15.9 Å². The Morgan fingerprint density at radius 3 is 2.67 bits per heavy atom. The van der Waals surface area contributed by atoms with Gasteiger partial charge in [0.15, 0.2) is 11.5 Å². The minimum absolute atomic E-state index is 0.0970. The summed E-state index contributed by atoms with van der Waals surface area (Å²) in [7, 11) is 0. The van der Waals surface area contributed by atoms with Gasteiger partial charge in [-0.05, 0) is 41.4 Å². The van der Waals surface area contributed by atoms with E-state index in [4.69, 9.17) is 5.11 Å². The highest BCUT2D eigenvalue weighted by atomic mass is 79.9. The fourth-order valence-corrected chi connectivity index (χ4v) is 2.08. The SMILES string of the molecule is CCc1c(C(=O)O)nn(-c2ccc(Br)cn2)c1C. The minimum atomic E-state index is -1.01. The van der Waals surface area contributed by atoms with Gasteiger partial charge in [-0.15, -0.1) is 0 Å². The summed E-state index contributed by atoms with van der Waals surface area (Å²) in [5.74, 6) is -0.399. The fraction of sp³-hybridized carbons (Fsp3) is 0.250. The number of pyridine rings is 1. The predicted octanol–water partition coefficient (Wildman–Crippen LogP) is 2.60. The molecule has 0 bridgehead atoms. The molecule has 0 aliphatic heterocycles. The predicted molar refractivity (Wildman–Crippen MR) is 70.1 cm³/mol. The van der Waals surface area contributed by atoms with Gasteiger partial charge in [-0.1, -0.05) is 6.92 Å². The first-order chi connectivity index (χ1) is 8.54. The van der Waals surface area contributed by atoms with Gasteiger partial charge in [0, 0.05) is 21.9 Å². The van der Waals surface area contributed by atoms with Crippen molar-refractivity contribution in [2.24, 2.45) is 0 Å². The third kappa shape index (κ3) is 2.15. The molecule has 2 aromatic rings. The van der Waals surface area contributed by atoms with E-state index in [0.717, 1.165) is 15.7 Å². The maximum atomic E-state index is 11.1. The van der Waals surface area contributed by atoms with Crippen LogP contribution in [0.5, 0.6) is 0 Å². The molecule has 0 fully saturated rings. The van der Waals surface area contributed by atoms with Crippen LogP contribution in [0.4, 0.5) is 0 Å². The Morgan fingerprint density at radius 2 is 2.22 bits per heavy atom. The smallest absolute Gasteiger partial charge is 0.356 e. The van der Waals surface area contributed by atoms with Crippen LogP contribution in [0.1, 0.15) is 28.7 Å². The Morgan fingerprint density at radius 1 is 1.50 bits per heavy atom. The van der Waals surface area contributed by atoms with Crippen LogP contribution in [0.15, 0.2) is 22.8 Å². The number of carboxylic acids is 1. The summed E-state index contributed by atoms with van der Waals surface area (Å²) in [4.78, 5) is 15.3. The van der Waals surface area contributed by atoms with Crippen LogP contribution in [-0.4, -0.2) is 25.8 Å². The summed E-state index contributed by atoms with van der Waals surface area (Å²) in [5.41, 5.74) is 1.65. The Labute approximate surface area is 113 Å². The lowest BCUT2D eigenvalue weighted by molar-refractivity contribution is 0.0689. The molecule has 2 rings (SSSR count). The maximum absolute atomic E-state index is 11.1. The van der Waals surface area contributed by atoms with Crippen molar-refractivity contribution >= 4 is 21.9 Å². The van der Waals surface area contributed by atoms with E-state index in [1.807, 2.05) is 19.9 Å². The number of hydrogen-bond acceptors (Lipinski definition) is 3. The van der Waals surface area contributed by atoms with Gasteiger partial charge in [0.2, 0.25) is 0 Å². The van der Waals surface area contributed by atoms with Gasteiger partial charge in [0.05, 0.1) is 0 Å². The quantitative estimate of drug-likeness (QED) is 0.946. The molecule has 0 saturated carbocycles. The van der Waals surface area contributed by atoms with E-state index < -0.39 is 5.97 Å². The maximum Gasteiger partial charge on any atom is 0.356 e. The van der Waals surface area contributed by atoms with Crippen molar-refractivity contribution in [3.63, 3.8) is 0 Å². The van der Waals surface area contributed by atoms with Crippen molar-refractivity contribution in [1.29, 1.82) is 0 Å². The van der Waals surface area contributed by atoms with Crippen molar-refractivity contribution in [3.8, 4) is 5.82 Å². The lowest BCUT2D eigenvalue weighted by Gasteiger charge is -2.03. The molecule has 0 aliphatic rings. The lowest BCUT2D eigenvalue weighted by atomic mass is 10.1. The van der Waals surface area contributed by atoms with Crippen LogP contribution in [-0.2, 0) is 6.42 Å². The topological polar surface area (TPSA) is 68.0 Å². The zero-order valence-electron chi connectivity index (χ0n) is 10.0. The molecule has 0 amide bonds. The van der Waals surface area contributed by atoms with Crippen LogP contribution in [0, 0.1) is 6.92 Å². The third-order valence-corrected chi connectivity index (χ3v) is 3.19. The molecule has 5 nitrogen and oxygen atoms in total. The third-order valence-electron chi connectivity index (χ3n) is 2.73. The molecule has 0 aliphatic carbocycles. The summed E-state index contributed by atoms with van der Waals surface area (Å²) in [6.07, 6.45) is 2.28. The van der Waals surface area contributed by atoms with Gasteiger partial charge in [0.25, 0.3) is 0 Å². The summed E-state index contributed by atoms with van der Waals surface area (Å²) in [6.45, 7) is 3.76. The van der Waals surface area contributed by atoms with Crippen molar-refractivity contribution < 1.29 is 9.90 Å². The van der Waals surface area contributed by atoms with Gasteiger partial charge >= 0.3 is 5.97 Å². The van der Waals surface area contributed by atoms with Crippen molar-refractivity contribution in [2.45, 2.75) is 20.3 Å². The monoisotopic (exact) mass is 309 g/mol. The highest BCUT2D eigenvalue weighted by Crippen LogP contribution is 2.19. The van der Waals surface area contributed by atoms with E-state index in [1.54, 1.807) is 16.9 Å². The normalized spacial score (nSPS) is 10.6. The first-order valence-electron chi connectivity index (χ1n) is 5.48. The minimum Gasteiger partial charge on any atom is -0.476 e. The molecule has 6 heteroatoms. The molecule has 0 saturated heterocycles. The van der Waals surface area contributed by atoms with Crippen LogP contribution in [0.3, 0.4) is 0 Å². The molecule has 2 aromatic heterocycles.